The largest absolute Gasteiger partial charge is 0.383 e. The first-order valence-electron chi connectivity index (χ1n) is 8.77. The maximum atomic E-state index is 12.8. The van der Waals surface area contributed by atoms with Crippen LogP contribution >= 0.6 is 11.6 Å². The number of amides is 1. The van der Waals surface area contributed by atoms with Crippen LogP contribution in [0.2, 0.25) is 5.02 Å². The van der Waals surface area contributed by atoms with Crippen LogP contribution in [0.3, 0.4) is 0 Å². The molecule has 0 saturated carbocycles. The molecule has 0 radical (unpaired) electrons. The van der Waals surface area contributed by atoms with Crippen LogP contribution in [0, 0.1) is 6.92 Å². The first-order chi connectivity index (χ1) is 13.0. The van der Waals surface area contributed by atoms with Crippen LogP contribution in [0.25, 0.3) is 11.3 Å². The average Bonchev–Trinajstić information content (AvgIpc) is 3.30. The lowest BCUT2D eigenvalue weighted by atomic mass is 9.92. The number of aliphatic hydroxyl groups is 1. The van der Waals surface area contributed by atoms with E-state index in [1.54, 1.807) is 17.0 Å². The number of hydrogen-bond donors (Lipinski definition) is 1. The number of β-amino-alcohol motifs (C(OH)–C–C–N with tert-alkyl or cyclic N) is 1. The number of carbonyl (C=O) groups is 1. The SMILES string of the molecule is Cc1ccc([C@@]2(O)CCN(C(=O)c3cc(-c4ccccc4Cl)no3)C2)cc1. The van der Waals surface area contributed by atoms with Gasteiger partial charge in [0.2, 0.25) is 5.76 Å². The van der Waals surface area contributed by atoms with Crippen molar-refractivity contribution in [2.24, 2.45) is 0 Å². The second-order valence-corrected chi connectivity index (χ2v) is 7.34. The highest BCUT2D eigenvalue weighted by molar-refractivity contribution is 6.33. The van der Waals surface area contributed by atoms with Gasteiger partial charge in [-0.25, -0.2) is 0 Å². The predicted molar refractivity (Wildman–Crippen MR) is 103 cm³/mol. The Hall–Kier alpha value is -2.63. The minimum absolute atomic E-state index is 0.137. The minimum Gasteiger partial charge on any atom is -0.383 e. The summed E-state index contributed by atoms with van der Waals surface area (Å²) in [7, 11) is 0. The molecule has 1 aliphatic rings. The third-order valence-corrected chi connectivity index (χ3v) is 5.32. The van der Waals surface area contributed by atoms with Crippen molar-refractivity contribution in [2.75, 3.05) is 13.1 Å². The first kappa shape index (κ1) is 17.8. The molecule has 1 aliphatic heterocycles. The lowest BCUT2D eigenvalue weighted by Gasteiger charge is -2.23. The van der Waals surface area contributed by atoms with E-state index >= 15 is 0 Å². The lowest BCUT2D eigenvalue weighted by molar-refractivity contribution is 0.0404. The Bertz CT molecular complexity index is 983. The number of aromatic nitrogens is 1. The third kappa shape index (κ3) is 3.36. The highest BCUT2D eigenvalue weighted by Gasteiger charge is 2.40. The van der Waals surface area contributed by atoms with Crippen molar-refractivity contribution < 1.29 is 14.4 Å². The molecule has 6 heteroatoms. The summed E-state index contributed by atoms with van der Waals surface area (Å²) in [4.78, 5) is 14.4. The number of halogens is 1. The van der Waals surface area contributed by atoms with Gasteiger partial charge in [-0.1, -0.05) is 64.8 Å². The molecule has 1 fully saturated rings. The van der Waals surface area contributed by atoms with E-state index in [1.165, 1.54) is 0 Å². The van der Waals surface area contributed by atoms with Gasteiger partial charge >= 0.3 is 0 Å². The summed E-state index contributed by atoms with van der Waals surface area (Å²) < 4.78 is 5.26. The molecule has 1 N–H and O–H groups in total. The Labute approximate surface area is 162 Å². The standard InChI is InChI=1S/C21H19ClN2O3/c1-14-6-8-15(9-7-14)21(26)10-11-24(13-21)20(25)19-12-18(23-27-19)16-4-2-3-5-17(16)22/h2-9,12,26H,10-11,13H2,1H3/t21-/m1/s1. The van der Waals surface area contributed by atoms with E-state index in [0.29, 0.717) is 29.2 Å². The zero-order valence-corrected chi connectivity index (χ0v) is 15.6. The summed E-state index contributed by atoms with van der Waals surface area (Å²) in [5.41, 5.74) is 2.12. The van der Waals surface area contributed by atoms with Crippen molar-refractivity contribution in [2.45, 2.75) is 18.9 Å². The fourth-order valence-corrected chi connectivity index (χ4v) is 3.63. The normalized spacial score (nSPS) is 19.4. The van der Waals surface area contributed by atoms with E-state index in [0.717, 1.165) is 11.1 Å². The van der Waals surface area contributed by atoms with Gasteiger partial charge in [-0.15, -0.1) is 0 Å². The summed E-state index contributed by atoms with van der Waals surface area (Å²) in [5.74, 6) is -0.151. The Balaban J connectivity index is 1.53. The molecule has 2 aromatic carbocycles. The Morgan fingerprint density at radius 2 is 1.96 bits per heavy atom. The number of hydrogen-bond acceptors (Lipinski definition) is 4. The van der Waals surface area contributed by atoms with Gasteiger partial charge in [-0.2, -0.15) is 0 Å². The fraction of sp³-hybridized carbons (Fsp3) is 0.238. The van der Waals surface area contributed by atoms with Crippen molar-refractivity contribution in [3.63, 3.8) is 0 Å². The quantitative estimate of drug-likeness (QED) is 0.742. The van der Waals surface area contributed by atoms with E-state index in [4.69, 9.17) is 16.1 Å². The van der Waals surface area contributed by atoms with Crippen LogP contribution in [0.4, 0.5) is 0 Å². The molecule has 0 aliphatic carbocycles. The number of aryl methyl sites for hydroxylation is 1. The molecule has 1 saturated heterocycles. The van der Waals surface area contributed by atoms with Gasteiger partial charge in [0.1, 0.15) is 11.3 Å². The van der Waals surface area contributed by atoms with Crippen LogP contribution in [0.15, 0.2) is 59.1 Å². The zero-order valence-electron chi connectivity index (χ0n) is 14.9. The average molecular weight is 383 g/mol. The number of likely N-dealkylation sites (tertiary alicyclic amines) is 1. The minimum atomic E-state index is -1.05. The van der Waals surface area contributed by atoms with E-state index in [-0.39, 0.29) is 18.2 Å². The first-order valence-corrected chi connectivity index (χ1v) is 9.14. The third-order valence-electron chi connectivity index (χ3n) is 4.99. The zero-order chi connectivity index (χ0) is 19.0. The molecule has 3 aromatic rings. The van der Waals surface area contributed by atoms with Gasteiger partial charge in [0, 0.05) is 18.2 Å². The summed E-state index contributed by atoms with van der Waals surface area (Å²) in [6.07, 6.45) is 0.479. The van der Waals surface area contributed by atoms with Crippen LogP contribution in [0.5, 0.6) is 0 Å². The Morgan fingerprint density at radius 3 is 2.70 bits per heavy atom. The molecule has 4 rings (SSSR count). The molecule has 0 bridgehead atoms. The molecule has 5 nitrogen and oxygen atoms in total. The number of nitrogens with zero attached hydrogens (tertiary/aromatic N) is 2. The molecule has 0 unspecified atom stereocenters. The van der Waals surface area contributed by atoms with Gasteiger partial charge in [0.15, 0.2) is 0 Å². The number of rotatable bonds is 3. The number of carbonyl (C=O) groups excluding carboxylic acids is 1. The summed E-state index contributed by atoms with van der Waals surface area (Å²) in [5, 5.41) is 15.5. The van der Waals surface area contributed by atoms with E-state index in [2.05, 4.69) is 5.16 Å². The van der Waals surface area contributed by atoms with E-state index in [9.17, 15) is 9.90 Å². The molecule has 27 heavy (non-hydrogen) atoms. The molecule has 1 amide bonds. The van der Waals surface area contributed by atoms with Gasteiger partial charge in [-0.05, 0) is 25.0 Å². The Morgan fingerprint density at radius 1 is 1.22 bits per heavy atom. The number of benzene rings is 2. The fourth-order valence-electron chi connectivity index (χ4n) is 3.39. The van der Waals surface area contributed by atoms with Gasteiger partial charge in [-0.3, -0.25) is 4.79 Å². The monoisotopic (exact) mass is 382 g/mol. The predicted octanol–water partition coefficient (Wildman–Crippen LogP) is 4.04. The topological polar surface area (TPSA) is 66.6 Å². The maximum Gasteiger partial charge on any atom is 0.292 e. The van der Waals surface area contributed by atoms with Crippen molar-refractivity contribution in [3.8, 4) is 11.3 Å². The molecule has 2 heterocycles. The van der Waals surface area contributed by atoms with E-state index < -0.39 is 5.60 Å². The van der Waals surface area contributed by atoms with E-state index in [1.807, 2.05) is 49.4 Å². The van der Waals surface area contributed by atoms with Crippen molar-refractivity contribution >= 4 is 17.5 Å². The van der Waals surface area contributed by atoms with Gasteiger partial charge in [0.05, 0.1) is 11.6 Å². The van der Waals surface area contributed by atoms with Crippen LogP contribution < -0.4 is 0 Å². The van der Waals surface area contributed by atoms with Gasteiger partial charge in [0.25, 0.3) is 5.91 Å². The smallest absolute Gasteiger partial charge is 0.292 e. The summed E-state index contributed by atoms with van der Waals surface area (Å²) in [6, 6.07) is 16.6. The highest BCUT2D eigenvalue weighted by Crippen LogP contribution is 2.33. The van der Waals surface area contributed by atoms with Crippen LogP contribution in [-0.4, -0.2) is 34.2 Å². The lowest BCUT2D eigenvalue weighted by Crippen LogP contribution is -2.34. The molecular weight excluding hydrogens is 364 g/mol. The van der Waals surface area contributed by atoms with Crippen molar-refractivity contribution in [1.29, 1.82) is 0 Å². The van der Waals surface area contributed by atoms with Crippen LogP contribution in [-0.2, 0) is 5.60 Å². The molecule has 1 aromatic heterocycles. The van der Waals surface area contributed by atoms with Crippen molar-refractivity contribution in [1.82, 2.24) is 10.1 Å². The summed E-state index contributed by atoms with van der Waals surface area (Å²) >= 11 is 6.18. The van der Waals surface area contributed by atoms with Gasteiger partial charge < -0.3 is 14.5 Å². The second kappa shape index (κ2) is 6.83. The molecular formula is C21H19ClN2O3. The second-order valence-electron chi connectivity index (χ2n) is 6.93. The highest BCUT2D eigenvalue weighted by atomic mass is 35.5. The molecule has 0 spiro atoms. The van der Waals surface area contributed by atoms with Crippen molar-refractivity contribution in [3.05, 3.63) is 76.5 Å². The van der Waals surface area contributed by atoms with Crippen LogP contribution in [0.1, 0.15) is 28.1 Å². The molecule has 138 valence electrons. The Kier molecular flexibility index (Phi) is 4.50. The summed E-state index contributed by atoms with van der Waals surface area (Å²) in [6.45, 7) is 2.67. The maximum absolute atomic E-state index is 12.8. The molecule has 1 atom stereocenters.